The summed E-state index contributed by atoms with van der Waals surface area (Å²) in [6.07, 6.45) is 1.34. The Kier molecular flexibility index (Phi) is 16.6. The van der Waals surface area contributed by atoms with Crippen molar-refractivity contribution in [2.75, 3.05) is 13.6 Å². The quantitative estimate of drug-likeness (QED) is 0.0594. The monoisotopic (exact) mass is 631 g/mol. The first-order valence-corrected chi connectivity index (χ1v) is 15.3. The first-order chi connectivity index (χ1) is 21.0. The lowest BCUT2D eigenvalue weighted by Gasteiger charge is -2.32. The fourth-order valence-electron chi connectivity index (χ4n) is 4.72. The van der Waals surface area contributed by atoms with Crippen molar-refractivity contribution in [2.24, 2.45) is 39.8 Å². The molecule has 5 atom stereocenters. The summed E-state index contributed by atoms with van der Waals surface area (Å²) in [4.78, 5) is 70.8. The molecule has 45 heavy (non-hydrogen) atoms. The maximum absolute atomic E-state index is 13.7. The zero-order valence-electron chi connectivity index (χ0n) is 27.4. The van der Waals surface area contributed by atoms with Gasteiger partial charge in [-0.05, 0) is 50.0 Å². The molecule has 14 nitrogen and oxygen atoms in total. The van der Waals surface area contributed by atoms with Crippen LogP contribution < -0.4 is 38.9 Å². The highest BCUT2D eigenvalue weighted by molar-refractivity contribution is 5.95. The second-order valence-corrected chi connectivity index (χ2v) is 12.2. The van der Waals surface area contributed by atoms with Crippen molar-refractivity contribution >= 4 is 35.5 Å². The van der Waals surface area contributed by atoms with E-state index >= 15 is 0 Å². The number of primary amides is 1. The van der Waals surface area contributed by atoms with Crippen molar-refractivity contribution in [2.45, 2.75) is 96.9 Å². The number of hydrogen-bond acceptors (Lipinski definition) is 7. The molecule has 0 saturated heterocycles. The van der Waals surface area contributed by atoms with Crippen LogP contribution >= 0.6 is 0 Å². The molecular weight excluding hydrogens is 578 g/mol. The summed E-state index contributed by atoms with van der Waals surface area (Å²) < 4.78 is 0. The molecule has 0 aromatic heterocycles. The molecule has 1 aromatic carbocycles. The smallest absolute Gasteiger partial charge is 0.245 e. The lowest BCUT2D eigenvalue weighted by molar-refractivity contribution is -0.142. The third-order valence-corrected chi connectivity index (χ3v) is 7.06. The third kappa shape index (κ3) is 14.4. The van der Waals surface area contributed by atoms with Gasteiger partial charge < -0.3 is 43.8 Å². The summed E-state index contributed by atoms with van der Waals surface area (Å²) in [5.74, 6) is -2.92. The number of guanidine groups is 1. The predicted molar refractivity (Wildman–Crippen MR) is 174 cm³/mol. The van der Waals surface area contributed by atoms with Gasteiger partial charge >= 0.3 is 0 Å². The van der Waals surface area contributed by atoms with E-state index in [0.717, 1.165) is 5.56 Å². The summed E-state index contributed by atoms with van der Waals surface area (Å²) in [6.45, 7) is 9.36. The van der Waals surface area contributed by atoms with Gasteiger partial charge in [-0.25, -0.2) is 0 Å². The van der Waals surface area contributed by atoms with Crippen LogP contribution in [-0.2, 0) is 30.4 Å². The van der Waals surface area contributed by atoms with Crippen molar-refractivity contribution < 1.29 is 24.0 Å². The lowest BCUT2D eigenvalue weighted by atomic mass is 9.98. The highest BCUT2D eigenvalue weighted by Crippen LogP contribution is 2.14. The molecule has 5 amide bonds. The van der Waals surface area contributed by atoms with Crippen LogP contribution in [0.5, 0.6) is 0 Å². The van der Waals surface area contributed by atoms with E-state index in [4.69, 9.17) is 22.9 Å². The van der Waals surface area contributed by atoms with Crippen LogP contribution in [0.2, 0.25) is 0 Å². The van der Waals surface area contributed by atoms with E-state index in [-0.39, 0.29) is 50.0 Å². The largest absolute Gasteiger partial charge is 0.370 e. The van der Waals surface area contributed by atoms with Crippen LogP contribution in [-0.4, -0.2) is 84.2 Å². The molecule has 0 bridgehead atoms. The SMILES string of the molecule is CC(C)C[C@H](NC(=O)[C@H](Cc1ccccc1)NC(=O)[C@H](C)N)C(=O)N[C@@H](CC(C)C)C(=O)N(C)[C@@H](CCCN=C(N)N)C(N)=O. The van der Waals surface area contributed by atoms with E-state index in [1.807, 2.05) is 58.0 Å². The number of carbonyl (C=O) groups excluding carboxylic acids is 5. The van der Waals surface area contributed by atoms with Gasteiger partial charge in [0.2, 0.25) is 29.5 Å². The van der Waals surface area contributed by atoms with Crippen molar-refractivity contribution in [1.29, 1.82) is 0 Å². The summed E-state index contributed by atoms with van der Waals surface area (Å²) in [6, 6.07) is 4.34. The standard InChI is InChI=1S/C31H53N9O5/c1-18(2)15-22(38-29(44)23(37-27(42)20(5)32)17-21-11-8-7-9-12-21)28(43)39-24(16-19(3)4)30(45)40(6)25(26(33)41)13-10-14-36-31(34)35/h7-9,11-12,18-20,22-25H,10,13-17,32H2,1-6H3,(H2,33,41)(H,37,42)(H,38,44)(H,39,43)(H4,34,35,36)/t20-,22-,23-,24-,25-/m0/s1. The predicted octanol–water partition coefficient (Wildman–Crippen LogP) is -0.511. The van der Waals surface area contributed by atoms with Gasteiger partial charge in [0, 0.05) is 20.0 Å². The molecule has 0 unspecified atom stereocenters. The Morgan fingerprint density at radius 2 is 1.29 bits per heavy atom. The minimum absolute atomic E-state index is 0.00124. The first-order valence-electron chi connectivity index (χ1n) is 15.3. The van der Waals surface area contributed by atoms with Crippen LogP contribution in [0.1, 0.15) is 65.9 Å². The van der Waals surface area contributed by atoms with Gasteiger partial charge in [-0.2, -0.15) is 0 Å². The molecule has 0 aliphatic rings. The van der Waals surface area contributed by atoms with Gasteiger partial charge in [-0.15, -0.1) is 0 Å². The first kappa shape index (κ1) is 38.8. The fraction of sp³-hybridized carbons (Fsp3) is 0.613. The summed E-state index contributed by atoms with van der Waals surface area (Å²) in [5, 5.41) is 8.27. The zero-order valence-corrected chi connectivity index (χ0v) is 27.4. The Bertz CT molecular complexity index is 1150. The molecule has 1 aromatic rings. The number of carbonyl (C=O) groups is 5. The number of hydrogen-bond donors (Lipinski definition) is 7. The maximum Gasteiger partial charge on any atom is 0.245 e. The fourth-order valence-corrected chi connectivity index (χ4v) is 4.72. The number of nitrogens with one attached hydrogen (secondary N) is 3. The zero-order chi connectivity index (χ0) is 34.3. The van der Waals surface area contributed by atoms with Crippen LogP contribution in [0.4, 0.5) is 0 Å². The number of nitrogens with zero attached hydrogens (tertiary/aromatic N) is 2. The van der Waals surface area contributed by atoms with E-state index in [1.54, 1.807) is 0 Å². The van der Waals surface area contributed by atoms with Gasteiger partial charge in [-0.1, -0.05) is 58.0 Å². The van der Waals surface area contributed by atoms with E-state index in [9.17, 15) is 24.0 Å². The number of rotatable bonds is 19. The Balaban J connectivity index is 3.21. The highest BCUT2D eigenvalue weighted by Gasteiger charge is 2.34. The van der Waals surface area contributed by atoms with Crippen molar-refractivity contribution in [3.63, 3.8) is 0 Å². The molecule has 1 rings (SSSR count). The van der Waals surface area contributed by atoms with E-state index in [0.29, 0.717) is 6.42 Å². The normalized spacial score (nSPS) is 14.4. The molecule has 0 aliphatic carbocycles. The molecule has 0 radical (unpaired) electrons. The molecule has 252 valence electrons. The van der Waals surface area contributed by atoms with Gasteiger partial charge in [-0.3, -0.25) is 29.0 Å². The topological polar surface area (TPSA) is 241 Å². The van der Waals surface area contributed by atoms with Gasteiger partial charge in [0.15, 0.2) is 5.96 Å². The summed E-state index contributed by atoms with van der Waals surface area (Å²) >= 11 is 0. The second kappa shape index (κ2) is 19.2. The summed E-state index contributed by atoms with van der Waals surface area (Å²) in [7, 11) is 1.46. The Labute approximate surface area is 266 Å². The van der Waals surface area contributed by atoms with E-state index < -0.39 is 59.7 Å². The van der Waals surface area contributed by atoms with Crippen molar-refractivity contribution in [3.8, 4) is 0 Å². The number of aliphatic imine (C=N–C) groups is 1. The van der Waals surface area contributed by atoms with E-state index in [2.05, 4.69) is 20.9 Å². The molecule has 0 spiro atoms. The lowest BCUT2D eigenvalue weighted by Crippen LogP contribution is -2.59. The molecule has 0 aliphatic heterocycles. The number of benzene rings is 1. The Morgan fingerprint density at radius 3 is 1.80 bits per heavy atom. The number of likely N-dealkylation sites (N-methyl/N-ethyl adjacent to an activating group) is 1. The average molecular weight is 632 g/mol. The number of amides is 5. The van der Waals surface area contributed by atoms with Crippen molar-refractivity contribution in [1.82, 2.24) is 20.9 Å². The van der Waals surface area contributed by atoms with Crippen LogP contribution in [0.3, 0.4) is 0 Å². The highest BCUT2D eigenvalue weighted by atomic mass is 16.2. The molecule has 0 heterocycles. The van der Waals surface area contributed by atoms with Crippen molar-refractivity contribution in [3.05, 3.63) is 35.9 Å². The van der Waals surface area contributed by atoms with Crippen LogP contribution in [0.25, 0.3) is 0 Å². The molecular formula is C31H53N9O5. The molecule has 0 fully saturated rings. The third-order valence-electron chi connectivity index (χ3n) is 7.06. The Hall–Kier alpha value is -4.20. The van der Waals surface area contributed by atoms with E-state index in [1.165, 1.54) is 18.9 Å². The van der Waals surface area contributed by atoms with Gasteiger partial charge in [0.05, 0.1) is 6.04 Å². The molecule has 11 N–H and O–H groups in total. The van der Waals surface area contributed by atoms with Crippen LogP contribution in [0, 0.1) is 11.8 Å². The Morgan fingerprint density at radius 1 is 0.778 bits per heavy atom. The average Bonchev–Trinajstić information content (AvgIpc) is 2.94. The minimum atomic E-state index is -1.01. The van der Waals surface area contributed by atoms with Gasteiger partial charge in [0.1, 0.15) is 24.2 Å². The second-order valence-electron chi connectivity index (χ2n) is 12.2. The van der Waals surface area contributed by atoms with Crippen LogP contribution in [0.15, 0.2) is 35.3 Å². The van der Waals surface area contributed by atoms with Gasteiger partial charge in [0.25, 0.3) is 0 Å². The minimum Gasteiger partial charge on any atom is -0.370 e. The summed E-state index contributed by atoms with van der Waals surface area (Å²) in [5.41, 5.74) is 22.9. The molecule has 0 saturated carbocycles. The number of nitrogens with two attached hydrogens (primary N) is 4. The molecule has 14 heteroatoms. The maximum atomic E-state index is 13.7.